The van der Waals surface area contributed by atoms with Crippen LogP contribution in [0.2, 0.25) is 0 Å². The minimum Gasteiger partial charge on any atom is -0.329 e. The first-order valence-electron chi connectivity index (χ1n) is 7.36. The second-order valence-electron chi connectivity index (χ2n) is 5.58. The van der Waals surface area contributed by atoms with E-state index in [4.69, 9.17) is 5.73 Å². The molecule has 2 atom stereocenters. The fourth-order valence-corrected chi connectivity index (χ4v) is 2.59. The smallest absolute Gasteiger partial charge is 0.0705 e. The lowest BCUT2D eigenvalue weighted by molar-refractivity contribution is 0.185. The van der Waals surface area contributed by atoms with E-state index in [0.29, 0.717) is 12.6 Å². The number of likely N-dealkylation sites (N-methyl/N-ethyl adjacent to an activating group) is 1. The highest BCUT2D eigenvalue weighted by Gasteiger charge is 2.19. The number of fused-ring (bicyclic) bond motifs is 1. The van der Waals surface area contributed by atoms with E-state index in [-0.39, 0.29) is 6.04 Å². The number of hydrogen-bond donors (Lipinski definition) is 1. The topological polar surface area (TPSA) is 42.1 Å². The first kappa shape index (κ1) is 14.9. The minimum absolute atomic E-state index is 0.260. The summed E-state index contributed by atoms with van der Waals surface area (Å²) in [6.07, 6.45) is 1.13. The van der Waals surface area contributed by atoms with Gasteiger partial charge in [-0.1, -0.05) is 19.1 Å². The van der Waals surface area contributed by atoms with Crippen molar-refractivity contribution in [1.29, 1.82) is 0 Å². The third-order valence-electron chi connectivity index (χ3n) is 4.24. The van der Waals surface area contributed by atoms with Crippen LogP contribution in [-0.4, -0.2) is 29.5 Å². The maximum absolute atomic E-state index is 6.01. The van der Waals surface area contributed by atoms with Gasteiger partial charge in [-0.05, 0) is 51.1 Å². The van der Waals surface area contributed by atoms with Crippen molar-refractivity contribution < 1.29 is 0 Å². The Hall–Kier alpha value is -1.45. The molecular formula is C17H25N3. The van der Waals surface area contributed by atoms with E-state index in [1.54, 1.807) is 0 Å². The van der Waals surface area contributed by atoms with Gasteiger partial charge < -0.3 is 5.73 Å². The number of hydrogen-bond acceptors (Lipinski definition) is 3. The fourth-order valence-electron chi connectivity index (χ4n) is 2.59. The molecule has 1 aromatic carbocycles. The lowest BCUT2D eigenvalue weighted by Gasteiger charge is -2.32. The fraction of sp³-hybridized carbons (Fsp3) is 0.471. The molecule has 3 heteroatoms. The summed E-state index contributed by atoms with van der Waals surface area (Å²) in [6.45, 7) is 7.11. The van der Waals surface area contributed by atoms with E-state index in [1.165, 1.54) is 10.9 Å². The Balaban J connectivity index is 2.37. The minimum atomic E-state index is 0.260. The van der Waals surface area contributed by atoms with Crippen molar-refractivity contribution in [2.75, 3.05) is 13.6 Å². The molecule has 2 N–H and O–H groups in total. The molecule has 0 radical (unpaired) electrons. The molecule has 1 heterocycles. The Bertz CT molecular complexity index is 579. The molecule has 0 aliphatic heterocycles. The molecule has 0 fully saturated rings. The van der Waals surface area contributed by atoms with Crippen molar-refractivity contribution in [2.24, 2.45) is 5.73 Å². The van der Waals surface area contributed by atoms with Crippen LogP contribution < -0.4 is 5.73 Å². The molecule has 0 amide bonds. The number of benzene rings is 1. The lowest BCUT2D eigenvalue weighted by atomic mass is 10.0. The third kappa shape index (κ3) is 3.00. The molecule has 0 bridgehead atoms. The Labute approximate surface area is 121 Å². The first-order chi connectivity index (χ1) is 9.56. The number of nitrogens with zero attached hydrogens (tertiary/aromatic N) is 2. The quantitative estimate of drug-likeness (QED) is 0.907. The van der Waals surface area contributed by atoms with Crippen molar-refractivity contribution in [3.63, 3.8) is 0 Å². The molecule has 2 unspecified atom stereocenters. The van der Waals surface area contributed by atoms with Crippen LogP contribution in [0.3, 0.4) is 0 Å². The Kier molecular flexibility index (Phi) is 4.73. The van der Waals surface area contributed by atoms with Gasteiger partial charge in [-0.3, -0.25) is 9.88 Å². The lowest BCUT2D eigenvalue weighted by Crippen LogP contribution is -2.36. The van der Waals surface area contributed by atoms with Gasteiger partial charge in [-0.2, -0.15) is 0 Å². The maximum atomic E-state index is 6.01. The maximum Gasteiger partial charge on any atom is 0.0705 e. The molecular weight excluding hydrogens is 246 g/mol. The van der Waals surface area contributed by atoms with E-state index >= 15 is 0 Å². The zero-order valence-corrected chi connectivity index (χ0v) is 12.9. The highest BCUT2D eigenvalue weighted by molar-refractivity contribution is 5.79. The normalized spacial score (nSPS) is 14.7. The molecule has 0 spiro atoms. The molecule has 108 valence electrons. The molecule has 2 aromatic rings. The summed E-state index contributed by atoms with van der Waals surface area (Å²) >= 11 is 0. The van der Waals surface area contributed by atoms with Gasteiger partial charge in [0, 0.05) is 29.7 Å². The van der Waals surface area contributed by atoms with Crippen molar-refractivity contribution in [1.82, 2.24) is 9.88 Å². The Morgan fingerprint density at radius 3 is 2.65 bits per heavy atom. The predicted octanol–water partition coefficient (Wildman–Crippen LogP) is 3.27. The van der Waals surface area contributed by atoms with Gasteiger partial charge >= 0.3 is 0 Å². The average molecular weight is 271 g/mol. The zero-order chi connectivity index (χ0) is 14.7. The number of aromatic nitrogens is 1. The monoisotopic (exact) mass is 271 g/mol. The van der Waals surface area contributed by atoms with Crippen molar-refractivity contribution in [3.8, 4) is 0 Å². The number of nitrogens with two attached hydrogens (primary N) is 1. The zero-order valence-electron chi connectivity index (χ0n) is 12.9. The second-order valence-corrected chi connectivity index (χ2v) is 5.58. The summed E-state index contributed by atoms with van der Waals surface area (Å²) in [6, 6.07) is 11.5. The molecule has 3 nitrogen and oxygen atoms in total. The standard InChI is InChI=1S/C17H25N3/c1-5-13(3)20(4)17(11-18)15-8-9-16-14(10-15)7-6-12(2)19-16/h6-10,13,17H,5,11,18H2,1-4H3. The molecule has 0 saturated carbocycles. The number of rotatable bonds is 5. The highest BCUT2D eigenvalue weighted by Crippen LogP contribution is 2.24. The molecule has 1 aromatic heterocycles. The van der Waals surface area contributed by atoms with Gasteiger partial charge in [-0.15, -0.1) is 0 Å². The van der Waals surface area contributed by atoms with Crippen molar-refractivity contribution >= 4 is 10.9 Å². The third-order valence-corrected chi connectivity index (χ3v) is 4.24. The van der Waals surface area contributed by atoms with Crippen molar-refractivity contribution in [2.45, 2.75) is 39.3 Å². The van der Waals surface area contributed by atoms with Gasteiger partial charge in [0.15, 0.2) is 0 Å². The van der Waals surface area contributed by atoms with Gasteiger partial charge in [0.1, 0.15) is 0 Å². The Morgan fingerprint density at radius 1 is 1.25 bits per heavy atom. The predicted molar refractivity (Wildman–Crippen MR) is 85.8 cm³/mol. The first-order valence-corrected chi connectivity index (χ1v) is 7.36. The summed E-state index contributed by atoms with van der Waals surface area (Å²) in [5.74, 6) is 0. The molecule has 20 heavy (non-hydrogen) atoms. The van der Waals surface area contributed by atoms with Gasteiger partial charge in [-0.25, -0.2) is 0 Å². The summed E-state index contributed by atoms with van der Waals surface area (Å²) in [4.78, 5) is 6.92. The highest BCUT2D eigenvalue weighted by atomic mass is 15.2. The molecule has 0 saturated heterocycles. The van der Waals surface area contributed by atoms with Crippen molar-refractivity contribution in [3.05, 3.63) is 41.6 Å². The van der Waals surface area contributed by atoms with E-state index < -0.39 is 0 Å². The van der Waals surface area contributed by atoms with Crippen LogP contribution in [0.4, 0.5) is 0 Å². The van der Waals surface area contributed by atoms with Crippen LogP contribution in [0, 0.1) is 6.92 Å². The summed E-state index contributed by atoms with van der Waals surface area (Å²) < 4.78 is 0. The molecule has 0 aliphatic carbocycles. The van der Waals surface area contributed by atoms with Crippen LogP contribution in [0.1, 0.15) is 37.6 Å². The van der Waals surface area contributed by atoms with Gasteiger partial charge in [0.25, 0.3) is 0 Å². The average Bonchev–Trinajstić information content (AvgIpc) is 2.47. The SMILES string of the molecule is CCC(C)N(C)C(CN)c1ccc2nc(C)ccc2c1. The summed E-state index contributed by atoms with van der Waals surface area (Å²) in [5, 5.41) is 1.18. The number of pyridine rings is 1. The Morgan fingerprint density at radius 2 is 2.00 bits per heavy atom. The van der Waals surface area contributed by atoms with Crippen LogP contribution in [0.5, 0.6) is 0 Å². The van der Waals surface area contributed by atoms with Gasteiger partial charge in [0.2, 0.25) is 0 Å². The molecule has 0 aliphatic rings. The van der Waals surface area contributed by atoms with E-state index in [2.05, 4.69) is 61.1 Å². The second kappa shape index (κ2) is 6.33. The van der Waals surface area contributed by atoms with E-state index in [0.717, 1.165) is 17.6 Å². The van der Waals surface area contributed by atoms with E-state index in [9.17, 15) is 0 Å². The van der Waals surface area contributed by atoms with Crippen LogP contribution in [0.25, 0.3) is 10.9 Å². The molecule has 2 rings (SSSR count). The van der Waals surface area contributed by atoms with Gasteiger partial charge in [0.05, 0.1) is 5.52 Å². The van der Waals surface area contributed by atoms with Crippen LogP contribution in [-0.2, 0) is 0 Å². The summed E-state index contributed by atoms with van der Waals surface area (Å²) in [7, 11) is 2.16. The largest absolute Gasteiger partial charge is 0.329 e. The van der Waals surface area contributed by atoms with Crippen LogP contribution >= 0.6 is 0 Å². The van der Waals surface area contributed by atoms with E-state index in [1.807, 2.05) is 6.92 Å². The van der Waals surface area contributed by atoms with Crippen LogP contribution in [0.15, 0.2) is 30.3 Å². The number of aryl methyl sites for hydroxylation is 1. The summed E-state index contributed by atoms with van der Waals surface area (Å²) in [5.41, 5.74) is 9.39.